The fraction of sp³-hybridized carbons (Fsp3) is 0.609. The SMILES string of the molecule is CC[C@H](C)n1c(SCC(=O)N2CC[C@@H]3CCCC[C@@H]3C2)nc2ccccc2c1=O. The highest BCUT2D eigenvalue weighted by atomic mass is 32.2. The summed E-state index contributed by atoms with van der Waals surface area (Å²) in [4.78, 5) is 32.8. The number of likely N-dealkylation sites (tertiary alicyclic amines) is 1. The largest absolute Gasteiger partial charge is 0.342 e. The monoisotopic (exact) mass is 413 g/mol. The van der Waals surface area contributed by atoms with Crippen LogP contribution >= 0.6 is 11.8 Å². The number of aromatic nitrogens is 2. The third-order valence-electron chi connectivity index (χ3n) is 6.78. The number of carbonyl (C=O) groups excluding carboxylic acids is 1. The van der Waals surface area contributed by atoms with Crippen LogP contribution in [-0.4, -0.2) is 39.2 Å². The standard InChI is InChI=1S/C23H31N3O2S/c1-3-16(2)26-22(28)19-10-6-7-11-20(19)24-23(26)29-15-21(27)25-13-12-17-8-4-5-9-18(17)14-25/h6-7,10-11,16-18H,3-5,8-9,12-15H2,1-2H3/t16-,17-,18+/m0/s1. The van der Waals surface area contributed by atoms with Crippen molar-refractivity contribution in [1.29, 1.82) is 0 Å². The molecule has 1 aromatic heterocycles. The number of carbonyl (C=O) groups is 1. The number of amides is 1. The van der Waals surface area contributed by atoms with E-state index in [0.717, 1.165) is 31.8 Å². The van der Waals surface area contributed by atoms with E-state index >= 15 is 0 Å². The summed E-state index contributed by atoms with van der Waals surface area (Å²) < 4.78 is 1.77. The maximum absolute atomic E-state index is 13.1. The average Bonchev–Trinajstić information content (AvgIpc) is 2.76. The normalized spacial score (nSPS) is 23.0. The van der Waals surface area contributed by atoms with Crippen LogP contribution in [-0.2, 0) is 4.79 Å². The Morgan fingerprint density at radius 2 is 1.97 bits per heavy atom. The molecule has 1 aliphatic heterocycles. The van der Waals surface area contributed by atoms with E-state index in [9.17, 15) is 9.59 Å². The van der Waals surface area contributed by atoms with Gasteiger partial charge in [-0.05, 0) is 50.2 Å². The van der Waals surface area contributed by atoms with Crippen molar-refractivity contribution in [2.24, 2.45) is 11.8 Å². The molecular formula is C23H31N3O2S. The molecule has 156 valence electrons. The maximum atomic E-state index is 13.1. The minimum Gasteiger partial charge on any atom is -0.342 e. The molecule has 6 heteroatoms. The summed E-state index contributed by atoms with van der Waals surface area (Å²) in [6.07, 6.45) is 7.25. The molecule has 1 saturated carbocycles. The molecule has 0 spiro atoms. The van der Waals surface area contributed by atoms with E-state index in [2.05, 4.69) is 6.92 Å². The topological polar surface area (TPSA) is 55.2 Å². The van der Waals surface area contributed by atoms with Gasteiger partial charge in [0.1, 0.15) is 0 Å². The summed E-state index contributed by atoms with van der Waals surface area (Å²) >= 11 is 1.41. The van der Waals surface area contributed by atoms with Crippen molar-refractivity contribution in [3.05, 3.63) is 34.6 Å². The van der Waals surface area contributed by atoms with Crippen LogP contribution in [0.1, 0.15) is 58.4 Å². The predicted octanol–water partition coefficient (Wildman–Crippen LogP) is 4.50. The van der Waals surface area contributed by atoms with E-state index in [-0.39, 0.29) is 17.5 Å². The Bertz CT molecular complexity index is 941. The van der Waals surface area contributed by atoms with Gasteiger partial charge >= 0.3 is 0 Å². The number of piperidine rings is 1. The Balaban J connectivity index is 1.51. The first-order valence-electron chi connectivity index (χ1n) is 11.0. The first kappa shape index (κ1) is 20.5. The van der Waals surface area contributed by atoms with Crippen LogP contribution in [0.4, 0.5) is 0 Å². The Morgan fingerprint density at radius 1 is 1.21 bits per heavy atom. The summed E-state index contributed by atoms with van der Waals surface area (Å²) in [5, 5.41) is 1.30. The van der Waals surface area contributed by atoms with E-state index in [1.54, 1.807) is 4.57 Å². The zero-order chi connectivity index (χ0) is 20.4. The van der Waals surface area contributed by atoms with Crippen LogP contribution in [0.25, 0.3) is 10.9 Å². The van der Waals surface area contributed by atoms with Crippen LogP contribution in [0.2, 0.25) is 0 Å². The molecule has 0 bridgehead atoms. The minimum atomic E-state index is -0.0112. The smallest absolute Gasteiger partial charge is 0.262 e. The quantitative estimate of drug-likeness (QED) is 0.535. The first-order valence-corrected chi connectivity index (χ1v) is 12.0. The van der Waals surface area contributed by atoms with Gasteiger partial charge in [-0.25, -0.2) is 4.98 Å². The third kappa shape index (κ3) is 4.23. The first-order chi connectivity index (χ1) is 14.1. The van der Waals surface area contributed by atoms with Crippen LogP contribution in [0.5, 0.6) is 0 Å². The Morgan fingerprint density at radius 3 is 2.76 bits per heavy atom. The van der Waals surface area contributed by atoms with Gasteiger partial charge < -0.3 is 4.90 Å². The summed E-state index contributed by atoms with van der Waals surface area (Å²) in [6.45, 7) is 5.90. The van der Waals surface area contributed by atoms with Crippen LogP contribution in [0, 0.1) is 11.8 Å². The second-order valence-corrected chi connectivity index (χ2v) is 9.51. The highest BCUT2D eigenvalue weighted by Crippen LogP contribution is 2.36. The predicted molar refractivity (Wildman–Crippen MR) is 118 cm³/mol. The minimum absolute atomic E-state index is 0.0112. The van der Waals surface area contributed by atoms with Crippen molar-refractivity contribution >= 4 is 28.6 Å². The molecule has 0 unspecified atom stereocenters. The molecule has 3 atom stereocenters. The zero-order valence-corrected chi connectivity index (χ0v) is 18.3. The summed E-state index contributed by atoms with van der Waals surface area (Å²) in [5.74, 6) is 2.03. The average molecular weight is 414 g/mol. The van der Waals surface area contributed by atoms with Gasteiger partial charge in [-0.3, -0.25) is 14.2 Å². The number of hydrogen-bond donors (Lipinski definition) is 0. The number of thioether (sulfide) groups is 1. The fourth-order valence-electron chi connectivity index (χ4n) is 4.84. The Kier molecular flexibility index (Phi) is 6.28. The van der Waals surface area contributed by atoms with E-state index in [0.29, 0.717) is 27.7 Å². The molecule has 2 heterocycles. The molecular weight excluding hydrogens is 382 g/mol. The molecule has 4 rings (SSSR count). The molecule has 1 aliphatic carbocycles. The molecule has 2 fully saturated rings. The molecule has 0 radical (unpaired) electrons. The van der Waals surface area contributed by atoms with Gasteiger partial charge in [-0.2, -0.15) is 0 Å². The molecule has 29 heavy (non-hydrogen) atoms. The second-order valence-electron chi connectivity index (χ2n) is 8.57. The van der Waals surface area contributed by atoms with Crippen molar-refractivity contribution in [1.82, 2.24) is 14.5 Å². The van der Waals surface area contributed by atoms with Crippen molar-refractivity contribution in [3.63, 3.8) is 0 Å². The molecule has 0 N–H and O–H groups in total. The van der Waals surface area contributed by atoms with Gasteiger partial charge in [0.25, 0.3) is 5.56 Å². The fourth-order valence-corrected chi connectivity index (χ4v) is 5.84. The molecule has 2 aliphatic rings. The van der Waals surface area contributed by atoms with Crippen molar-refractivity contribution in [3.8, 4) is 0 Å². The lowest BCUT2D eigenvalue weighted by Crippen LogP contribution is -2.45. The second kappa shape index (κ2) is 8.90. The highest BCUT2D eigenvalue weighted by molar-refractivity contribution is 7.99. The molecule has 5 nitrogen and oxygen atoms in total. The number of fused-ring (bicyclic) bond motifs is 2. The van der Waals surface area contributed by atoms with Crippen LogP contribution in [0.3, 0.4) is 0 Å². The number of para-hydroxylation sites is 1. The summed E-state index contributed by atoms with van der Waals surface area (Å²) in [5.41, 5.74) is 0.693. The molecule has 1 amide bonds. The maximum Gasteiger partial charge on any atom is 0.262 e. The number of nitrogens with zero attached hydrogens (tertiary/aromatic N) is 3. The van der Waals surface area contributed by atoms with Crippen molar-refractivity contribution in [2.45, 2.75) is 63.6 Å². The lowest BCUT2D eigenvalue weighted by atomic mass is 9.75. The van der Waals surface area contributed by atoms with Gasteiger partial charge in [0.2, 0.25) is 5.91 Å². The van der Waals surface area contributed by atoms with Crippen LogP contribution in [0.15, 0.2) is 34.2 Å². The Hall–Kier alpha value is -1.82. The molecule has 2 aromatic rings. The van der Waals surface area contributed by atoms with E-state index in [1.165, 1.54) is 37.4 Å². The molecule has 1 aromatic carbocycles. The van der Waals surface area contributed by atoms with E-state index in [1.807, 2.05) is 36.1 Å². The van der Waals surface area contributed by atoms with Gasteiger partial charge in [0.05, 0.1) is 16.7 Å². The summed E-state index contributed by atoms with van der Waals surface area (Å²) in [6, 6.07) is 7.53. The summed E-state index contributed by atoms with van der Waals surface area (Å²) in [7, 11) is 0. The number of rotatable bonds is 5. The van der Waals surface area contributed by atoms with Gasteiger partial charge in [0.15, 0.2) is 5.16 Å². The van der Waals surface area contributed by atoms with Gasteiger partial charge in [-0.1, -0.05) is 50.1 Å². The van der Waals surface area contributed by atoms with Crippen molar-refractivity contribution in [2.75, 3.05) is 18.8 Å². The van der Waals surface area contributed by atoms with Crippen molar-refractivity contribution < 1.29 is 4.79 Å². The number of hydrogen-bond acceptors (Lipinski definition) is 4. The van der Waals surface area contributed by atoms with Crippen LogP contribution < -0.4 is 5.56 Å². The lowest BCUT2D eigenvalue weighted by molar-refractivity contribution is -0.131. The van der Waals surface area contributed by atoms with E-state index in [4.69, 9.17) is 4.98 Å². The third-order valence-corrected chi connectivity index (χ3v) is 7.71. The Labute approximate surface area is 176 Å². The lowest BCUT2D eigenvalue weighted by Gasteiger charge is -2.41. The van der Waals surface area contributed by atoms with Gasteiger partial charge in [0, 0.05) is 19.1 Å². The molecule has 1 saturated heterocycles. The van der Waals surface area contributed by atoms with Gasteiger partial charge in [-0.15, -0.1) is 0 Å². The van der Waals surface area contributed by atoms with E-state index < -0.39 is 0 Å². The number of benzene rings is 1. The highest BCUT2D eigenvalue weighted by Gasteiger charge is 2.33. The zero-order valence-electron chi connectivity index (χ0n) is 17.5.